The van der Waals surface area contributed by atoms with Crippen LogP contribution in [0.15, 0.2) is 30.3 Å². The molecule has 1 aromatic carbocycles. The molecule has 1 aromatic rings. The molecule has 1 atom stereocenters. The number of rotatable bonds is 6. The van der Waals surface area contributed by atoms with Crippen LogP contribution in [-0.2, 0) is 11.3 Å². The predicted molar refractivity (Wildman–Crippen MR) is 88.4 cm³/mol. The van der Waals surface area contributed by atoms with Crippen LogP contribution in [0.3, 0.4) is 0 Å². The molecular formula is C18H30N2O. The molecule has 118 valence electrons. The van der Waals surface area contributed by atoms with Gasteiger partial charge in [-0.2, -0.15) is 0 Å². The molecule has 1 fully saturated rings. The minimum atomic E-state index is 0.160. The third-order valence-electron chi connectivity index (χ3n) is 4.08. The van der Waals surface area contributed by atoms with Gasteiger partial charge in [-0.25, -0.2) is 0 Å². The van der Waals surface area contributed by atoms with Crippen LogP contribution in [0.5, 0.6) is 0 Å². The zero-order valence-corrected chi connectivity index (χ0v) is 14.0. The molecule has 1 saturated heterocycles. The van der Waals surface area contributed by atoms with Crippen molar-refractivity contribution in [2.45, 2.75) is 39.3 Å². The average molecular weight is 290 g/mol. The molecule has 1 aliphatic heterocycles. The SMILES string of the molecule is CN(Cc1ccccc1)CC1(CNC(C)(C)C)CCOC1. The summed E-state index contributed by atoms with van der Waals surface area (Å²) in [5.41, 5.74) is 1.78. The number of hydrogen-bond donors (Lipinski definition) is 1. The Morgan fingerprint density at radius 1 is 1.24 bits per heavy atom. The van der Waals surface area contributed by atoms with Gasteiger partial charge in [-0.1, -0.05) is 30.3 Å². The van der Waals surface area contributed by atoms with Crippen LogP contribution in [0.1, 0.15) is 32.8 Å². The van der Waals surface area contributed by atoms with Gasteiger partial charge in [0.15, 0.2) is 0 Å². The van der Waals surface area contributed by atoms with Crippen molar-refractivity contribution in [1.29, 1.82) is 0 Å². The fraction of sp³-hybridized carbons (Fsp3) is 0.667. The lowest BCUT2D eigenvalue weighted by Gasteiger charge is -2.35. The van der Waals surface area contributed by atoms with E-state index in [4.69, 9.17) is 4.74 Å². The first-order chi connectivity index (χ1) is 9.89. The summed E-state index contributed by atoms with van der Waals surface area (Å²) in [6, 6.07) is 10.7. The van der Waals surface area contributed by atoms with Gasteiger partial charge in [0.05, 0.1) is 6.61 Å². The van der Waals surface area contributed by atoms with Crippen LogP contribution in [-0.4, -0.2) is 43.8 Å². The third-order valence-corrected chi connectivity index (χ3v) is 4.08. The van der Waals surface area contributed by atoms with Crippen molar-refractivity contribution in [2.75, 3.05) is 33.4 Å². The quantitative estimate of drug-likeness (QED) is 0.872. The third kappa shape index (κ3) is 5.42. The van der Waals surface area contributed by atoms with E-state index in [0.717, 1.165) is 39.3 Å². The maximum absolute atomic E-state index is 5.71. The van der Waals surface area contributed by atoms with Crippen LogP contribution >= 0.6 is 0 Å². The molecule has 3 heteroatoms. The summed E-state index contributed by atoms with van der Waals surface area (Å²) < 4.78 is 5.71. The number of ether oxygens (including phenoxy) is 1. The molecule has 3 nitrogen and oxygen atoms in total. The first-order valence-electron chi connectivity index (χ1n) is 7.94. The fourth-order valence-electron chi connectivity index (χ4n) is 2.95. The van der Waals surface area contributed by atoms with Crippen LogP contribution in [0.4, 0.5) is 0 Å². The average Bonchev–Trinajstić information content (AvgIpc) is 2.86. The van der Waals surface area contributed by atoms with Crippen molar-refractivity contribution >= 4 is 0 Å². The van der Waals surface area contributed by atoms with Gasteiger partial charge in [0, 0.05) is 37.2 Å². The van der Waals surface area contributed by atoms with Gasteiger partial charge in [-0.3, -0.25) is 0 Å². The summed E-state index contributed by atoms with van der Waals surface area (Å²) in [6.45, 7) is 11.5. The fourth-order valence-corrected chi connectivity index (χ4v) is 2.95. The van der Waals surface area contributed by atoms with E-state index in [2.05, 4.69) is 68.4 Å². The van der Waals surface area contributed by atoms with Gasteiger partial charge < -0.3 is 15.0 Å². The van der Waals surface area contributed by atoms with E-state index in [0.29, 0.717) is 0 Å². The minimum absolute atomic E-state index is 0.160. The summed E-state index contributed by atoms with van der Waals surface area (Å²) in [6.07, 6.45) is 1.15. The summed E-state index contributed by atoms with van der Waals surface area (Å²) in [5, 5.41) is 3.67. The molecule has 0 radical (unpaired) electrons. The summed E-state index contributed by atoms with van der Waals surface area (Å²) in [4.78, 5) is 2.42. The van der Waals surface area contributed by atoms with Crippen molar-refractivity contribution in [3.63, 3.8) is 0 Å². The lowest BCUT2D eigenvalue weighted by Crippen LogP contribution is -2.48. The molecule has 1 N–H and O–H groups in total. The zero-order valence-electron chi connectivity index (χ0n) is 14.0. The van der Waals surface area contributed by atoms with Gasteiger partial charge in [0.1, 0.15) is 0 Å². The second kappa shape index (κ2) is 6.91. The van der Waals surface area contributed by atoms with Gasteiger partial charge in [0.2, 0.25) is 0 Å². The topological polar surface area (TPSA) is 24.5 Å². The largest absolute Gasteiger partial charge is 0.381 e. The Morgan fingerprint density at radius 2 is 1.95 bits per heavy atom. The highest BCUT2D eigenvalue weighted by molar-refractivity contribution is 5.14. The van der Waals surface area contributed by atoms with E-state index < -0.39 is 0 Å². The van der Waals surface area contributed by atoms with Gasteiger partial charge in [0.25, 0.3) is 0 Å². The highest BCUT2D eigenvalue weighted by Gasteiger charge is 2.36. The summed E-state index contributed by atoms with van der Waals surface area (Å²) in [7, 11) is 2.21. The molecule has 0 spiro atoms. The first kappa shape index (κ1) is 16.5. The van der Waals surface area contributed by atoms with E-state index in [1.54, 1.807) is 0 Å². The number of nitrogens with zero attached hydrogens (tertiary/aromatic N) is 1. The Hall–Kier alpha value is -0.900. The van der Waals surface area contributed by atoms with E-state index >= 15 is 0 Å². The standard InChI is InChI=1S/C18H30N2O/c1-17(2,3)19-13-18(10-11-21-15-18)14-20(4)12-16-8-6-5-7-9-16/h5-9,19H,10-15H2,1-4H3. The molecule has 0 saturated carbocycles. The Kier molecular flexibility index (Phi) is 5.42. The Morgan fingerprint density at radius 3 is 2.52 bits per heavy atom. The predicted octanol–water partition coefficient (Wildman–Crippen LogP) is 2.91. The molecule has 21 heavy (non-hydrogen) atoms. The molecule has 1 aliphatic rings. The highest BCUT2D eigenvalue weighted by Crippen LogP contribution is 2.30. The molecular weight excluding hydrogens is 260 g/mol. The second-order valence-corrected chi connectivity index (χ2v) is 7.56. The monoisotopic (exact) mass is 290 g/mol. The maximum atomic E-state index is 5.71. The highest BCUT2D eigenvalue weighted by atomic mass is 16.5. The Labute approximate surface area is 129 Å². The normalized spacial score (nSPS) is 22.9. The summed E-state index contributed by atoms with van der Waals surface area (Å²) >= 11 is 0. The number of benzene rings is 1. The van der Waals surface area contributed by atoms with Crippen LogP contribution in [0.2, 0.25) is 0 Å². The van der Waals surface area contributed by atoms with E-state index in [1.165, 1.54) is 5.56 Å². The van der Waals surface area contributed by atoms with Crippen molar-refractivity contribution in [3.05, 3.63) is 35.9 Å². The molecule has 1 heterocycles. The number of hydrogen-bond acceptors (Lipinski definition) is 3. The van der Waals surface area contributed by atoms with Crippen LogP contribution in [0, 0.1) is 5.41 Å². The minimum Gasteiger partial charge on any atom is -0.381 e. The molecule has 0 bridgehead atoms. The smallest absolute Gasteiger partial charge is 0.0547 e. The maximum Gasteiger partial charge on any atom is 0.0547 e. The Bertz CT molecular complexity index is 419. The van der Waals surface area contributed by atoms with Gasteiger partial charge >= 0.3 is 0 Å². The first-order valence-corrected chi connectivity index (χ1v) is 7.94. The van der Waals surface area contributed by atoms with E-state index in [9.17, 15) is 0 Å². The Balaban J connectivity index is 1.92. The lowest BCUT2D eigenvalue weighted by molar-refractivity contribution is 0.111. The van der Waals surface area contributed by atoms with Crippen LogP contribution in [0.25, 0.3) is 0 Å². The molecule has 0 aromatic heterocycles. The molecule has 0 amide bonds. The zero-order chi connectivity index (χ0) is 15.3. The van der Waals surface area contributed by atoms with Crippen molar-refractivity contribution in [1.82, 2.24) is 10.2 Å². The van der Waals surface area contributed by atoms with E-state index in [1.807, 2.05) is 0 Å². The van der Waals surface area contributed by atoms with Crippen LogP contribution < -0.4 is 5.32 Å². The second-order valence-electron chi connectivity index (χ2n) is 7.56. The summed E-state index contributed by atoms with van der Waals surface area (Å²) in [5.74, 6) is 0. The van der Waals surface area contributed by atoms with E-state index in [-0.39, 0.29) is 11.0 Å². The molecule has 0 aliphatic carbocycles. The van der Waals surface area contributed by atoms with Gasteiger partial charge in [-0.05, 0) is 39.8 Å². The van der Waals surface area contributed by atoms with Crippen molar-refractivity contribution < 1.29 is 4.74 Å². The van der Waals surface area contributed by atoms with Crippen molar-refractivity contribution in [2.24, 2.45) is 5.41 Å². The number of nitrogens with one attached hydrogen (secondary N) is 1. The lowest BCUT2D eigenvalue weighted by atomic mass is 9.85. The molecule has 2 rings (SSSR count). The van der Waals surface area contributed by atoms with Gasteiger partial charge in [-0.15, -0.1) is 0 Å². The van der Waals surface area contributed by atoms with Crippen molar-refractivity contribution in [3.8, 4) is 0 Å². The molecule has 1 unspecified atom stereocenters.